The molecule has 1 atom stereocenters. The van der Waals surface area contributed by atoms with E-state index in [0.717, 1.165) is 52.4 Å². The largest absolute Gasteiger partial charge is 0.469 e. The van der Waals surface area contributed by atoms with Crippen molar-refractivity contribution in [2.45, 2.75) is 43.2 Å². The molecule has 2 aliphatic rings. The number of aryl methyl sites for hydroxylation is 1. The van der Waals surface area contributed by atoms with Crippen LogP contribution in [-0.2, 0) is 24.3 Å². The number of fused-ring (bicyclic) bond motifs is 1. The Morgan fingerprint density at radius 3 is 2.55 bits per heavy atom. The average Bonchev–Trinajstić information content (AvgIpc) is 2.94. The van der Waals surface area contributed by atoms with E-state index < -0.39 is 27.9 Å². The van der Waals surface area contributed by atoms with Crippen molar-refractivity contribution in [1.82, 2.24) is 19.7 Å². The molecule has 1 amide bonds. The highest BCUT2D eigenvalue weighted by atomic mass is 35.5. The van der Waals surface area contributed by atoms with Gasteiger partial charge in [0.25, 0.3) is 5.91 Å². The smallest absolute Gasteiger partial charge is 0.307 e. The van der Waals surface area contributed by atoms with Crippen molar-refractivity contribution in [3.63, 3.8) is 0 Å². The normalized spacial score (nSPS) is 19.3. The van der Waals surface area contributed by atoms with Crippen LogP contribution in [0.4, 0.5) is 5.69 Å². The van der Waals surface area contributed by atoms with Crippen LogP contribution < -0.4 is 10.3 Å². The first-order valence-electron chi connectivity index (χ1n) is 13.2. The fourth-order valence-corrected chi connectivity index (χ4v) is 6.94. The molecule has 2 aliphatic heterocycles. The predicted molar refractivity (Wildman–Crippen MR) is 152 cm³/mol. The number of esters is 1. The molecule has 0 bridgehead atoms. The maximum atomic E-state index is 13.6. The maximum absolute atomic E-state index is 13.6. The van der Waals surface area contributed by atoms with Crippen molar-refractivity contribution in [2.24, 2.45) is 0 Å². The standard InChI is InChI=1S/C28H32ClN5O5S/c1-19-13-24(7-10-30-19)32-11-8-23(9-12-32)31-34-25(16-28(36)39-2)17-33(18-27(34)35)40(37,38)26-6-4-20-14-22(29)5-3-21(20)15-26/h3-7,10,13-15,23,25,31H,8-9,11-12,16-18H2,1-2H3. The number of benzene rings is 2. The minimum atomic E-state index is -4.01. The number of piperidine rings is 1. The summed E-state index contributed by atoms with van der Waals surface area (Å²) in [6.07, 6.45) is 3.22. The molecule has 40 heavy (non-hydrogen) atoms. The fraction of sp³-hybridized carbons (Fsp3) is 0.393. The third-order valence-electron chi connectivity index (χ3n) is 7.46. The molecule has 1 aromatic heterocycles. The van der Waals surface area contributed by atoms with E-state index in [1.54, 1.807) is 36.5 Å². The Kier molecular flexibility index (Phi) is 8.27. The van der Waals surface area contributed by atoms with E-state index in [4.69, 9.17) is 16.3 Å². The highest BCUT2D eigenvalue weighted by Crippen LogP contribution is 2.27. The number of rotatable bonds is 7. The van der Waals surface area contributed by atoms with Crippen LogP contribution in [0, 0.1) is 6.92 Å². The summed E-state index contributed by atoms with van der Waals surface area (Å²) in [5.74, 6) is -0.933. The number of methoxy groups -OCH3 is 1. The molecular formula is C28H32ClN5O5S. The fourth-order valence-electron chi connectivity index (χ4n) is 5.30. The summed E-state index contributed by atoms with van der Waals surface area (Å²) < 4.78 is 33.2. The van der Waals surface area contributed by atoms with Gasteiger partial charge in [0.2, 0.25) is 10.0 Å². The second kappa shape index (κ2) is 11.7. The van der Waals surface area contributed by atoms with Gasteiger partial charge >= 0.3 is 5.97 Å². The average molecular weight is 586 g/mol. The van der Waals surface area contributed by atoms with Crippen molar-refractivity contribution >= 4 is 50.0 Å². The highest BCUT2D eigenvalue weighted by molar-refractivity contribution is 7.89. The summed E-state index contributed by atoms with van der Waals surface area (Å²) in [5.41, 5.74) is 5.38. The quantitative estimate of drug-likeness (QED) is 0.421. The number of hydrazine groups is 1. The molecule has 0 aliphatic carbocycles. The van der Waals surface area contributed by atoms with Gasteiger partial charge in [-0.15, -0.1) is 0 Å². The monoisotopic (exact) mass is 585 g/mol. The molecule has 2 aromatic carbocycles. The number of ether oxygens (including phenoxy) is 1. The molecule has 12 heteroatoms. The number of aromatic nitrogens is 1. The lowest BCUT2D eigenvalue weighted by molar-refractivity contribution is -0.149. The third kappa shape index (κ3) is 6.07. The molecule has 3 heterocycles. The number of nitrogens with one attached hydrogen (secondary N) is 1. The second-order valence-corrected chi connectivity index (χ2v) is 12.6. The number of carbonyl (C=O) groups excluding carboxylic acids is 2. The van der Waals surface area contributed by atoms with Crippen LogP contribution in [-0.4, -0.2) is 80.0 Å². The Morgan fingerprint density at radius 2 is 1.82 bits per heavy atom. The van der Waals surface area contributed by atoms with Gasteiger partial charge in [0.1, 0.15) is 0 Å². The number of anilines is 1. The van der Waals surface area contributed by atoms with E-state index in [0.29, 0.717) is 5.02 Å². The molecule has 0 spiro atoms. The van der Waals surface area contributed by atoms with Crippen LogP contribution in [0.5, 0.6) is 0 Å². The highest BCUT2D eigenvalue weighted by Gasteiger charge is 2.41. The van der Waals surface area contributed by atoms with E-state index >= 15 is 0 Å². The number of hydrogen-bond donors (Lipinski definition) is 1. The second-order valence-electron chi connectivity index (χ2n) is 10.2. The molecule has 2 saturated heterocycles. The molecule has 5 rings (SSSR count). The lowest BCUT2D eigenvalue weighted by Gasteiger charge is -2.43. The van der Waals surface area contributed by atoms with Gasteiger partial charge in [-0.1, -0.05) is 23.7 Å². The maximum Gasteiger partial charge on any atom is 0.307 e. The first kappa shape index (κ1) is 28.3. The molecule has 10 nitrogen and oxygen atoms in total. The first-order chi connectivity index (χ1) is 19.1. The number of amides is 1. The van der Waals surface area contributed by atoms with Gasteiger partial charge in [-0.05, 0) is 66.9 Å². The van der Waals surface area contributed by atoms with Gasteiger partial charge in [0.15, 0.2) is 0 Å². The minimum absolute atomic E-state index is 0.00116. The number of carbonyl (C=O) groups is 2. The van der Waals surface area contributed by atoms with Gasteiger partial charge in [0, 0.05) is 48.3 Å². The Balaban J connectivity index is 1.31. The van der Waals surface area contributed by atoms with Crippen LogP contribution in [0.15, 0.2) is 59.6 Å². The number of sulfonamides is 1. The van der Waals surface area contributed by atoms with Crippen LogP contribution in [0.1, 0.15) is 25.0 Å². The molecule has 212 valence electrons. The summed E-state index contributed by atoms with van der Waals surface area (Å²) in [6.45, 7) is 3.17. The summed E-state index contributed by atoms with van der Waals surface area (Å²) in [5, 5.41) is 3.53. The Labute approximate surface area is 238 Å². The van der Waals surface area contributed by atoms with E-state index in [9.17, 15) is 18.0 Å². The summed E-state index contributed by atoms with van der Waals surface area (Å²) in [4.78, 5) is 32.3. The first-order valence-corrected chi connectivity index (χ1v) is 15.0. The SMILES string of the molecule is COC(=O)CC1CN(S(=O)(=O)c2ccc3cc(Cl)ccc3c2)CC(=O)N1NC1CCN(c2ccnc(C)c2)CC1. The zero-order valence-corrected chi connectivity index (χ0v) is 24.0. The summed E-state index contributed by atoms with van der Waals surface area (Å²) >= 11 is 6.06. The number of halogens is 1. The van der Waals surface area contributed by atoms with Crippen LogP contribution >= 0.6 is 11.6 Å². The Hall–Kier alpha value is -3.25. The third-order valence-corrected chi connectivity index (χ3v) is 9.51. The van der Waals surface area contributed by atoms with E-state index in [1.165, 1.54) is 18.2 Å². The van der Waals surface area contributed by atoms with E-state index in [2.05, 4.69) is 15.3 Å². The van der Waals surface area contributed by atoms with Crippen molar-refractivity contribution in [3.05, 3.63) is 65.4 Å². The van der Waals surface area contributed by atoms with Crippen LogP contribution in [0.3, 0.4) is 0 Å². The van der Waals surface area contributed by atoms with Crippen LogP contribution in [0.2, 0.25) is 5.02 Å². The van der Waals surface area contributed by atoms with Gasteiger partial charge in [0.05, 0.1) is 31.0 Å². The van der Waals surface area contributed by atoms with E-state index in [-0.39, 0.29) is 30.4 Å². The molecule has 1 N–H and O–H groups in total. The van der Waals surface area contributed by atoms with Crippen molar-refractivity contribution in [3.8, 4) is 0 Å². The molecule has 0 saturated carbocycles. The Bertz CT molecular complexity index is 1530. The molecule has 1 unspecified atom stereocenters. The molecule has 2 fully saturated rings. The lowest BCUT2D eigenvalue weighted by Crippen LogP contribution is -2.64. The van der Waals surface area contributed by atoms with Gasteiger partial charge in [-0.2, -0.15) is 4.31 Å². The van der Waals surface area contributed by atoms with Crippen LogP contribution in [0.25, 0.3) is 10.8 Å². The number of piperazine rings is 1. The molecular weight excluding hydrogens is 554 g/mol. The number of nitrogens with zero attached hydrogens (tertiary/aromatic N) is 4. The van der Waals surface area contributed by atoms with Crippen molar-refractivity contribution in [1.29, 1.82) is 0 Å². The summed E-state index contributed by atoms with van der Waals surface area (Å²) in [7, 11) is -2.73. The van der Waals surface area contributed by atoms with Crippen molar-refractivity contribution < 1.29 is 22.7 Å². The zero-order chi connectivity index (χ0) is 28.4. The van der Waals surface area contributed by atoms with Gasteiger partial charge in [-0.25, -0.2) is 13.8 Å². The topological polar surface area (TPSA) is 112 Å². The van der Waals surface area contributed by atoms with Gasteiger partial charge in [-0.3, -0.25) is 19.6 Å². The molecule has 3 aromatic rings. The number of hydrogen-bond acceptors (Lipinski definition) is 8. The predicted octanol–water partition coefficient (Wildman–Crippen LogP) is 3.13. The van der Waals surface area contributed by atoms with Gasteiger partial charge < -0.3 is 9.64 Å². The van der Waals surface area contributed by atoms with E-state index in [1.807, 2.05) is 19.1 Å². The number of pyridine rings is 1. The summed E-state index contributed by atoms with van der Waals surface area (Å²) in [6, 6.07) is 13.3. The lowest BCUT2D eigenvalue weighted by atomic mass is 10.0. The molecule has 0 radical (unpaired) electrons. The Morgan fingerprint density at radius 1 is 1.10 bits per heavy atom. The van der Waals surface area contributed by atoms with Crippen molar-refractivity contribution in [2.75, 3.05) is 38.2 Å². The zero-order valence-electron chi connectivity index (χ0n) is 22.4. The minimum Gasteiger partial charge on any atom is -0.469 e.